The number of aromatic amines is 1. The maximum absolute atomic E-state index is 5.91. The second kappa shape index (κ2) is 3.00. The van der Waals surface area contributed by atoms with E-state index in [1.807, 2.05) is 6.07 Å². The van der Waals surface area contributed by atoms with E-state index in [1.54, 1.807) is 0 Å². The molecule has 3 rings (SSSR count). The van der Waals surface area contributed by atoms with Gasteiger partial charge in [0.25, 0.3) is 0 Å². The number of nitrogen functional groups attached to an aromatic ring is 1. The number of nitrogens with two attached hydrogens (primary N) is 1. The van der Waals surface area contributed by atoms with Crippen LogP contribution in [0.3, 0.4) is 0 Å². The second-order valence-electron chi connectivity index (χ2n) is 4.26. The third kappa shape index (κ3) is 1.23. The Hall–Kier alpha value is -1.48. The molecule has 2 aromatic rings. The topological polar surface area (TPSA) is 53.8 Å². The fourth-order valence-corrected chi connectivity index (χ4v) is 2.34. The Morgan fingerprint density at radius 1 is 1.33 bits per heavy atom. The molecule has 0 bridgehead atoms. The van der Waals surface area contributed by atoms with Gasteiger partial charge in [0.1, 0.15) is 0 Å². The van der Waals surface area contributed by atoms with Gasteiger partial charge in [-0.3, -0.25) is 0 Å². The normalized spacial score (nSPS) is 15.5. The highest BCUT2D eigenvalue weighted by Gasteiger charge is 2.15. The maximum atomic E-state index is 5.91. The van der Waals surface area contributed by atoms with Crippen LogP contribution in [0.5, 0.6) is 0 Å². The van der Waals surface area contributed by atoms with Crippen LogP contribution < -0.4 is 11.1 Å². The molecule has 1 aliphatic rings. The average molecular weight is 201 g/mol. The van der Waals surface area contributed by atoms with Crippen molar-refractivity contribution >= 4 is 16.6 Å². The minimum Gasteiger partial charge on any atom is -0.398 e. The van der Waals surface area contributed by atoms with Crippen LogP contribution >= 0.6 is 0 Å². The highest BCUT2D eigenvalue weighted by molar-refractivity contribution is 5.88. The van der Waals surface area contributed by atoms with Crippen molar-refractivity contribution in [1.82, 2.24) is 10.3 Å². The Morgan fingerprint density at radius 2 is 2.20 bits per heavy atom. The van der Waals surface area contributed by atoms with E-state index in [4.69, 9.17) is 5.73 Å². The average Bonchev–Trinajstić information content (AvgIpc) is 2.57. The lowest BCUT2D eigenvalue weighted by molar-refractivity contribution is 0.637. The fraction of sp³-hybridized carbons (Fsp3) is 0.333. The smallest absolute Gasteiger partial charge is 0.0480 e. The predicted octanol–water partition coefficient (Wildman–Crippen LogP) is 1.70. The SMILES string of the molecule is Cc1cc2c3c([nH]c2cc1N)CNCC3. The van der Waals surface area contributed by atoms with Gasteiger partial charge in [0.2, 0.25) is 0 Å². The fourth-order valence-electron chi connectivity index (χ4n) is 2.34. The molecule has 0 aliphatic carbocycles. The zero-order valence-corrected chi connectivity index (χ0v) is 8.85. The summed E-state index contributed by atoms with van der Waals surface area (Å²) in [4.78, 5) is 3.44. The third-order valence-corrected chi connectivity index (χ3v) is 3.23. The minimum absolute atomic E-state index is 0.869. The van der Waals surface area contributed by atoms with Gasteiger partial charge in [-0.2, -0.15) is 0 Å². The van der Waals surface area contributed by atoms with Crippen LogP contribution in [0, 0.1) is 6.92 Å². The molecular formula is C12H15N3. The number of rotatable bonds is 0. The van der Waals surface area contributed by atoms with Gasteiger partial charge < -0.3 is 16.0 Å². The number of H-pyrrole nitrogens is 1. The molecule has 78 valence electrons. The molecule has 1 aromatic heterocycles. The van der Waals surface area contributed by atoms with Gasteiger partial charge in [0.15, 0.2) is 0 Å². The van der Waals surface area contributed by atoms with Crippen LogP contribution in [0.25, 0.3) is 10.9 Å². The van der Waals surface area contributed by atoms with Gasteiger partial charge in [-0.05, 0) is 43.1 Å². The van der Waals surface area contributed by atoms with Gasteiger partial charge in [-0.15, -0.1) is 0 Å². The van der Waals surface area contributed by atoms with Crippen LogP contribution in [0.2, 0.25) is 0 Å². The predicted molar refractivity (Wildman–Crippen MR) is 62.9 cm³/mol. The Balaban J connectivity index is 2.33. The first-order chi connectivity index (χ1) is 7.25. The molecular weight excluding hydrogens is 186 g/mol. The zero-order valence-electron chi connectivity index (χ0n) is 8.85. The number of aryl methyl sites for hydroxylation is 1. The summed E-state index contributed by atoms with van der Waals surface area (Å²) in [5.41, 5.74) is 11.9. The molecule has 4 N–H and O–H groups in total. The maximum Gasteiger partial charge on any atom is 0.0480 e. The summed E-state index contributed by atoms with van der Waals surface area (Å²) in [5, 5.41) is 4.71. The molecule has 3 nitrogen and oxygen atoms in total. The van der Waals surface area contributed by atoms with E-state index in [9.17, 15) is 0 Å². The van der Waals surface area contributed by atoms with Crippen LogP contribution in [0.4, 0.5) is 5.69 Å². The van der Waals surface area contributed by atoms with E-state index in [1.165, 1.54) is 27.7 Å². The number of aromatic nitrogens is 1. The lowest BCUT2D eigenvalue weighted by Crippen LogP contribution is -2.22. The van der Waals surface area contributed by atoms with E-state index >= 15 is 0 Å². The summed E-state index contributed by atoms with van der Waals surface area (Å²) in [6, 6.07) is 4.24. The molecule has 0 atom stereocenters. The lowest BCUT2D eigenvalue weighted by Gasteiger charge is -2.12. The monoisotopic (exact) mass is 201 g/mol. The molecule has 0 radical (unpaired) electrons. The molecule has 0 fully saturated rings. The van der Waals surface area contributed by atoms with Crippen molar-refractivity contribution in [2.75, 3.05) is 12.3 Å². The molecule has 1 aliphatic heterocycles. The lowest BCUT2D eigenvalue weighted by atomic mass is 10.0. The molecule has 0 saturated heterocycles. The largest absolute Gasteiger partial charge is 0.398 e. The summed E-state index contributed by atoms with van der Waals surface area (Å²) in [6.07, 6.45) is 1.11. The Morgan fingerprint density at radius 3 is 3.07 bits per heavy atom. The van der Waals surface area contributed by atoms with Crippen molar-refractivity contribution in [3.63, 3.8) is 0 Å². The van der Waals surface area contributed by atoms with Crippen LogP contribution in [-0.2, 0) is 13.0 Å². The van der Waals surface area contributed by atoms with Gasteiger partial charge in [0, 0.05) is 28.8 Å². The molecule has 0 amide bonds. The number of hydrogen-bond donors (Lipinski definition) is 3. The van der Waals surface area contributed by atoms with Gasteiger partial charge in [0.05, 0.1) is 0 Å². The van der Waals surface area contributed by atoms with Crippen molar-refractivity contribution in [3.8, 4) is 0 Å². The summed E-state index contributed by atoms with van der Waals surface area (Å²) < 4.78 is 0. The number of nitrogens with one attached hydrogen (secondary N) is 2. The molecule has 1 aromatic carbocycles. The highest BCUT2D eigenvalue weighted by atomic mass is 14.9. The first-order valence-electron chi connectivity index (χ1n) is 5.36. The molecule has 3 heteroatoms. The number of hydrogen-bond acceptors (Lipinski definition) is 2. The Bertz CT molecular complexity index is 525. The van der Waals surface area contributed by atoms with E-state index in [0.717, 1.165) is 25.2 Å². The molecule has 15 heavy (non-hydrogen) atoms. The first-order valence-corrected chi connectivity index (χ1v) is 5.36. The van der Waals surface area contributed by atoms with E-state index in [0.29, 0.717) is 0 Å². The molecule has 0 saturated carbocycles. The first kappa shape index (κ1) is 8.80. The van der Waals surface area contributed by atoms with Crippen LogP contribution in [0.1, 0.15) is 16.8 Å². The van der Waals surface area contributed by atoms with Crippen molar-refractivity contribution in [2.24, 2.45) is 0 Å². The molecule has 2 heterocycles. The van der Waals surface area contributed by atoms with Crippen molar-refractivity contribution in [2.45, 2.75) is 19.9 Å². The van der Waals surface area contributed by atoms with Crippen LogP contribution in [-0.4, -0.2) is 11.5 Å². The van der Waals surface area contributed by atoms with Gasteiger partial charge in [-0.25, -0.2) is 0 Å². The van der Waals surface area contributed by atoms with E-state index in [-0.39, 0.29) is 0 Å². The zero-order chi connectivity index (χ0) is 10.4. The summed E-state index contributed by atoms with van der Waals surface area (Å²) >= 11 is 0. The minimum atomic E-state index is 0.869. The third-order valence-electron chi connectivity index (χ3n) is 3.23. The Labute approximate surface area is 88.7 Å². The summed E-state index contributed by atoms with van der Waals surface area (Å²) in [7, 11) is 0. The van der Waals surface area contributed by atoms with E-state index in [2.05, 4.69) is 23.3 Å². The highest BCUT2D eigenvalue weighted by Crippen LogP contribution is 2.28. The number of benzene rings is 1. The van der Waals surface area contributed by atoms with Crippen molar-refractivity contribution in [1.29, 1.82) is 0 Å². The van der Waals surface area contributed by atoms with Crippen molar-refractivity contribution in [3.05, 3.63) is 29.0 Å². The summed E-state index contributed by atoms with van der Waals surface area (Å²) in [5.74, 6) is 0. The number of anilines is 1. The van der Waals surface area contributed by atoms with Gasteiger partial charge in [-0.1, -0.05) is 0 Å². The summed E-state index contributed by atoms with van der Waals surface area (Å²) in [6.45, 7) is 4.08. The second-order valence-corrected chi connectivity index (χ2v) is 4.26. The molecule has 0 unspecified atom stereocenters. The Kier molecular flexibility index (Phi) is 1.76. The quantitative estimate of drug-likeness (QED) is 0.568. The molecule has 0 spiro atoms. The number of fused-ring (bicyclic) bond motifs is 3. The van der Waals surface area contributed by atoms with Crippen molar-refractivity contribution < 1.29 is 0 Å². The van der Waals surface area contributed by atoms with Crippen LogP contribution in [0.15, 0.2) is 12.1 Å². The standard InChI is InChI=1S/C12H15N3/c1-7-4-9-8-2-3-14-6-12(8)15-11(9)5-10(7)13/h4-5,14-15H,2-3,6,13H2,1H3. The van der Waals surface area contributed by atoms with Gasteiger partial charge >= 0.3 is 0 Å². The van der Waals surface area contributed by atoms with E-state index < -0.39 is 0 Å².